The van der Waals surface area contributed by atoms with Crippen LogP contribution in [0.3, 0.4) is 0 Å². The summed E-state index contributed by atoms with van der Waals surface area (Å²) in [7, 11) is 1.55. The number of nitrogens with zero attached hydrogens (tertiary/aromatic N) is 2. The molecule has 1 N–H and O–H groups in total. The molecule has 1 aromatic heterocycles. The molecule has 39 heavy (non-hydrogen) atoms. The van der Waals surface area contributed by atoms with Gasteiger partial charge in [-0.1, -0.05) is 72.8 Å². The summed E-state index contributed by atoms with van der Waals surface area (Å²) in [6.07, 6.45) is 0.559. The zero-order valence-electron chi connectivity index (χ0n) is 21.4. The van der Waals surface area contributed by atoms with E-state index < -0.39 is 24.0 Å². The fraction of sp³-hybridized carbons (Fsp3) is 0.194. The molecule has 0 saturated carbocycles. The lowest BCUT2D eigenvalue weighted by molar-refractivity contribution is -0.155. The number of carboxylic acids is 1. The number of aliphatic carboxylic acids is 1. The topological polar surface area (TPSA) is 98.2 Å². The summed E-state index contributed by atoms with van der Waals surface area (Å²) in [5.74, 6) is -0.316. The number of amides is 1. The van der Waals surface area contributed by atoms with E-state index in [2.05, 4.69) is 4.98 Å². The Kier molecular flexibility index (Phi) is 7.73. The summed E-state index contributed by atoms with van der Waals surface area (Å²) in [4.78, 5) is 32.1. The van der Waals surface area contributed by atoms with Crippen LogP contribution in [0.25, 0.3) is 0 Å². The summed E-state index contributed by atoms with van der Waals surface area (Å²) >= 11 is 0. The predicted molar refractivity (Wildman–Crippen MR) is 143 cm³/mol. The first kappa shape index (κ1) is 25.8. The molecule has 0 spiro atoms. The van der Waals surface area contributed by atoms with E-state index in [1.54, 1.807) is 61.8 Å². The standard InChI is InChI=1S/C31H28N2O6/c1-37-26-16-15-23-19-33(25(31(35)36)18-24(23)29(26)38-20-21-10-4-2-5-11-21)30(34)28(22-12-6-3-7-13-22)39-27-14-8-9-17-32-27/h2-17,25,28H,18-20H2,1H3,(H,35,36)/t25-,28-/m0/s1. The Morgan fingerprint density at radius 1 is 0.974 bits per heavy atom. The third kappa shape index (κ3) is 5.70. The normalized spacial score (nSPS) is 15.1. The van der Waals surface area contributed by atoms with Crippen molar-refractivity contribution in [3.8, 4) is 17.4 Å². The third-order valence-corrected chi connectivity index (χ3v) is 6.65. The van der Waals surface area contributed by atoms with Gasteiger partial charge >= 0.3 is 5.97 Å². The van der Waals surface area contributed by atoms with Gasteiger partial charge in [0.15, 0.2) is 11.5 Å². The molecule has 2 atom stereocenters. The van der Waals surface area contributed by atoms with E-state index in [0.29, 0.717) is 29.2 Å². The molecule has 0 bridgehead atoms. The molecule has 0 aliphatic carbocycles. The Hall–Kier alpha value is -4.85. The summed E-state index contributed by atoms with van der Waals surface area (Å²) in [6, 6.07) is 26.4. The molecule has 0 radical (unpaired) electrons. The average molecular weight is 525 g/mol. The van der Waals surface area contributed by atoms with Gasteiger partial charge in [0, 0.05) is 36.4 Å². The quantitative estimate of drug-likeness (QED) is 0.335. The Morgan fingerprint density at radius 3 is 2.36 bits per heavy atom. The zero-order chi connectivity index (χ0) is 27.2. The highest BCUT2D eigenvalue weighted by Gasteiger charge is 2.40. The maximum atomic E-state index is 14.0. The van der Waals surface area contributed by atoms with Gasteiger partial charge < -0.3 is 24.2 Å². The SMILES string of the molecule is COc1ccc2c(c1OCc1ccccc1)C[C@@H](C(=O)O)N(C(=O)[C@@H](Oc1ccccn1)c1ccccc1)C2. The van der Waals surface area contributed by atoms with Gasteiger partial charge in [-0.2, -0.15) is 0 Å². The molecule has 2 heterocycles. The minimum absolute atomic E-state index is 0.0584. The van der Waals surface area contributed by atoms with Crippen molar-refractivity contribution in [2.24, 2.45) is 0 Å². The Bertz CT molecular complexity index is 1430. The second kappa shape index (κ2) is 11.7. The molecular weight excluding hydrogens is 496 g/mol. The smallest absolute Gasteiger partial charge is 0.326 e. The summed E-state index contributed by atoms with van der Waals surface area (Å²) in [6.45, 7) is 0.369. The van der Waals surface area contributed by atoms with Crippen LogP contribution in [-0.2, 0) is 29.2 Å². The van der Waals surface area contributed by atoms with Crippen molar-refractivity contribution in [3.05, 3.63) is 119 Å². The number of carboxylic acid groups (broad SMARTS) is 1. The lowest BCUT2D eigenvalue weighted by Gasteiger charge is -2.37. The molecular formula is C31H28N2O6. The van der Waals surface area contributed by atoms with Crippen LogP contribution in [0, 0.1) is 0 Å². The fourth-order valence-corrected chi connectivity index (χ4v) is 4.69. The van der Waals surface area contributed by atoms with Gasteiger partial charge in [-0.15, -0.1) is 0 Å². The Balaban J connectivity index is 1.48. The largest absolute Gasteiger partial charge is 0.493 e. The molecule has 3 aromatic carbocycles. The molecule has 8 nitrogen and oxygen atoms in total. The zero-order valence-corrected chi connectivity index (χ0v) is 21.4. The predicted octanol–water partition coefficient (Wildman–Crippen LogP) is 4.83. The van der Waals surface area contributed by atoms with E-state index in [0.717, 1.165) is 11.1 Å². The molecule has 0 saturated heterocycles. The number of ether oxygens (including phenoxy) is 3. The molecule has 1 amide bonds. The van der Waals surface area contributed by atoms with Gasteiger partial charge in [0.05, 0.1) is 7.11 Å². The van der Waals surface area contributed by atoms with E-state index in [4.69, 9.17) is 14.2 Å². The van der Waals surface area contributed by atoms with Gasteiger partial charge in [0.1, 0.15) is 12.6 Å². The summed E-state index contributed by atoms with van der Waals surface area (Å²) in [5, 5.41) is 10.2. The Labute approximate surface area is 226 Å². The molecule has 8 heteroatoms. The third-order valence-electron chi connectivity index (χ3n) is 6.65. The van der Waals surface area contributed by atoms with Crippen molar-refractivity contribution in [1.29, 1.82) is 0 Å². The van der Waals surface area contributed by atoms with Gasteiger partial charge in [0.2, 0.25) is 12.0 Å². The van der Waals surface area contributed by atoms with Crippen LogP contribution in [0.2, 0.25) is 0 Å². The van der Waals surface area contributed by atoms with E-state index in [1.165, 1.54) is 4.90 Å². The average Bonchev–Trinajstić information content (AvgIpc) is 2.99. The lowest BCUT2D eigenvalue weighted by Crippen LogP contribution is -2.51. The van der Waals surface area contributed by atoms with Gasteiger partial charge in [-0.05, 0) is 23.3 Å². The number of benzene rings is 3. The van der Waals surface area contributed by atoms with Crippen molar-refractivity contribution in [2.45, 2.75) is 31.7 Å². The second-order valence-corrected chi connectivity index (χ2v) is 9.11. The highest BCUT2D eigenvalue weighted by molar-refractivity contribution is 5.88. The van der Waals surface area contributed by atoms with E-state index in [9.17, 15) is 14.7 Å². The van der Waals surface area contributed by atoms with Gasteiger partial charge in [0.25, 0.3) is 5.91 Å². The Morgan fingerprint density at radius 2 is 1.69 bits per heavy atom. The van der Waals surface area contributed by atoms with Crippen LogP contribution in [0.15, 0.2) is 97.2 Å². The number of fused-ring (bicyclic) bond motifs is 1. The van der Waals surface area contributed by atoms with E-state index in [-0.39, 0.29) is 18.8 Å². The minimum atomic E-state index is -1.13. The van der Waals surface area contributed by atoms with Crippen molar-refractivity contribution >= 4 is 11.9 Å². The highest BCUT2D eigenvalue weighted by atomic mass is 16.5. The number of carbonyl (C=O) groups excluding carboxylic acids is 1. The monoisotopic (exact) mass is 524 g/mol. The van der Waals surface area contributed by atoms with E-state index in [1.807, 2.05) is 42.5 Å². The van der Waals surface area contributed by atoms with Crippen LogP contribution in [0.5, 0.6) is 17.4 Å². The molecule has 4 aromatic rings. The van der Waals surface area contributed by atoms with Crippen molar-refractivity contribution < 1.29 is 28.9 Å². The molecule has 0 unspecified atom stereocenters. The number of rotatable bonds is 9. The molecule has 5 rings (SSSR count). The highest BCUT2D eigenvalue weighted by Crippen LogP contribution is 2.39. The molecule has 1 aliphatic heterocycles. The summed E-state index contributed by atoms with van der Waals surface area (Å²) < 4.78 is 17.8. The van der Waals surface area contributed by atoms with Crippen LogP contribution in [0.1, 0.15) is 28.4 Å². The van der Waals surface area contributed by atoms with Crippen molar-refractivity contribution in [1.82, 2.24) is 9.88 Å². The first-order valence-corrected chi connectivity index (χ1v) is 12.6. The molecule has 198 valence electrons. The van der Waals surface area contributed by atoms with Gasteiger partial charge in [-0.3, -0.25) is 4.79 Å². The molecule has 0 fully saturated rings. The maximum Gasteiger partial charge on any atom is 0.326 e. The summed E-state index contributed by atoms with van der Waals surface area (Å²) in [5.41, 5.74) is 3.07. The van der Waals surface area contributed by atoms with Crippen molar-refractivity contribution in [2.75, 3.05) is 7.11 Å². The lowest BCUT2D eigenvalue weighted by atomic mass is 9.91. The van der Waals surface area contributed by atoms with E-state index >= 15 is 0 Å². The maximum absolute atomic E-state index is 14.0. The van der Waals surface area contributed by atoms with Crippen LogP contribution in [-0.4, -0.2) is 40.0 Å². The van der Waals surface area contributed by atoms with Crippen molar-refractivity contribution in [3.63, 3.8) is 0 Å². The van der Waals surface area contributed by atoms with Crippen LogP contribution >= 0.6 is 0 Å². The number of hydrogen-bond donors (Lipinski definition) is 1. The number of carbonyl (C=O) groups is 2. The first-order valence-electron chi connectivity index (χ1n) is 12.6. The second-order valence-electron chi connectivity index (χ2n) is 9.11. The number of methoxy groups -OCH3 is 1. The molecule has 1 aliphatic rings. The fourth-order valence-electron chi connectivity index (χ4n) is 4.69. The number of pyridine rings is 1. The van der Waals surface area contributed by atoms with Gasteiger partial charge in [-0.25, -0.2) is 9.78 Å². The number of hydrogen-bond acceptors (Lipinski definition) is 6. The van der Waals surface area contributed by atoms with Crippen LogP contribution in [0.4, 0.5) is 0 Å². The van der Waals surface area contributed by atoms with Crippen LogP contribution < -0.4 is 14.2 Å². The first-order chi connectivity index (χ1) is 19.0. The number of aromatic nitrogens is 1. The minimum Gasteiger partial charge on any atom is -0.493 e.